The van der Waals surface area contributed by atoms with Crippen molar-refractivity contribution in [3.63, 3.8) is 0 Å². The first-order valence-electron chi connectivity index (χ1n) is 4.23. The van der Waals surface area contributed by atoms with Gasteiger partial charge in [-0.3, -0.25) is 4.79 Å². The average molecular weight is 352 g/mol. The first-order chi connectivity index (χ1) is 7.45. The third-order valence-corrected chi connectivity index (χ3v) is 3.06. The Morgan fingerprint density at radius 1 is 1.31 bits per heavy atom. The number of hydrogen-bond acceptors (Lipinski definition) is 4. The van der Waals surface area contributed by atoms with E-state index in [1.165, 1.54) is 0 Å². The largest absolute Gasteiger partial charge is 0.506 e. The van der Waals surface area contributed by atoms with Gasteiger partial charge in [0.05, 0.1) is 16.1 Å². The van der Waals surface area contributed by atoms with Crippen LogP contribution in [0.1, 0.15) is 5.56 Å². The summed E-state index contributed by atoms with van der Waals surface area (Å²) in [4.78, 5) is 22.2. The van der Waals surface area contributed by atoms with Gasteiger partial charge in [0.2, 0.25) is 5.78 Å². The number of aromatic hydroxyl groups is 1. The molecule has 0 aliphatic carbocycles. The second-order valence-corrected chi connectivity index (χ2v) is 4.71. The molecule has 0 atom stereocenters. The summed E-state index contributed by atoms with van der Waals surface area (Å²) < 4.78 is 5.21. The summed E-state index contributed by atoms with van der Waals surface area (Å²) in [7, 11) is 1.16. The summed E-state index contributed by atoms with van der Waals surface area (Å²) in [5.41, 5.74) is 0.604. The molecular formula is C10H8Br2O4. The zero-order chi connectivity index (χ0) is 12.3. The summed E-state index contributed by atoms with van der Waals surface area (Å²) in [5, 5.41) is 9.45. The van der Waals surface area contributed by atoms with Crippen LogP contribution in [0, 0.1) is 0 Å². The SMILES string of the molecule is COC(=O)C(=O)Cc1cc(Br)c(O)c(Br)c1. The first-order valence-corrected chi connectivity index (χ1v) is 5.82. The van der Waals surface area contributed by atoms with Gasteiger partial charge in [-0.05, 0) is 49.6 Å². The van der Waals surface area contributed by atoms with Crippen molar-refractivity contribution >= 4 is 43.6 Å². The van der Waals surface area contributed by atoms with Crippen molar-refractivity contribution in [1.29, 1.82) is 0 Å². The van der Waals surface area contributed by atoms with Gasteiger partial charge in [-0.15, -0.1) is 0 Å². The molecule has 0 saturated heterocycles. The van der Waals surface area contributed by atoms with E-state index in [4.69, 9.17) is 0 Å². The maximum Gasteiger partial charge on any atom is 0.374 e. The fraction of sp³-hybridized carbons (Fsp3) is 0.200. The zero-order valence-electron chi connectivity index (χ0n) is 8.29. The standard InChI is InChI=1S/C10H8Br2O4/c1-16-10(15)8(13)4-5-2-6(11)9(14)7(12)3-5/h2-3,14H,4H2,1H3. The summed E-state index contributed by atoms with van der Waals surface area (Å²) in [6.07, 6.45) is -0.0653. The van der Waals surface area contributed by atoms with Gasteiger partial charge in [-0.1, -0.05) is 0 Å². The van der Waals surface area contributed by atoms with E-state index in [0.29, 0.717) is 14.5 Å². The molecule has 0 saturated carbocycles. The van der Waals surface area contributed by atoms with Crippen LogP contribution in [0.4, 0.5) is 0 Å². The normalized spacial score (nSPS) is 9.94. The first kappa shape index (κ1) is 13.2. The number of halogens is 2. The van der Waals surface area contributed by atoms with Crippen LogP contribution in [-0.4, -0.2) is 24.0 Å². The number of carbonyl (C=O) groups is 2. The van der Waals surface area contributed by atoms with E-state index in [0.717, 1.165) is 7.11 Å². The number of benzene rings is 1. The van der Waals surface area contributed by atoms with Gasteiger partial charge >= 0.3 is 5.97 Å². The fourth-order valence-electron chi connectivity index (χ4n) is 1.09. The third kappa shape index (κ3) is 3.05. The number of phenols is 1. The molecule has 1 aromatic rings. The molecule has 0 radical (unpaired) electrons. The molecule has 0 fully saturated rings. The number of esters is 1. The van der Waals surface area contributed by atoms with Gasteiger partial charge in [0.25, 0.3) is 0 Å². The minimum absolute atomic E-state index is 0.0502. The molecule has 0 bridgehead atoms. The van der Waals surface area contributed by atoms with Gasteiger partial charge in [0, 0.05) is 6.42 Å². The minimum atomic E-state index is -0.875. The maximum absolute atomic E-state index is 11.3. The average Bonchev–Trinajstić information content (AvgIpc) is 2.24. The number of methoxy groups -OCH3 is 1. The van der Waals surface area contributed by atoms with Gasteiger partial charge < -0.3 is 9.84 Å². The van der Waals surface area contributed by atoms with E-state index in [1.54, 1.807) is 12.1 Å². The summed E-state index contributed by atoms with van der Waals surface area (Å²) in [6.45, 7) is 0. The Kier molecular flexibility index (Phi) is 4.49. The van der Waals surface area contributed by atoms with Gasteiger partial charge in [-0.25, -0.2) is 4.79 Å². The van der Waals surface area contributed by atoms with Crippen LogP contribution in [0.15, 0.2) is 21.1 Å². The van der Waals surface area contributed by atoms with E-state index < -0.39 is 11.8 Å². The molecule has 0 aliphatic heterocycles. The Balaban J connectivity index is 2.91. The molecule has 6 heteroatoms. The van der Waals surface area contributed by atoms with Crippen LogP contribution in [0.5, 0.6) is 5.75 Å². The Hall–Kier alpha value is -0.880. The second-order valence-electron chi connectivity index (χ2n) is 3.00. The number of carbonyl (C=O) groups excluding carboxylic acids is 2. The third-order valence-electron chi connectivity index (χ3n) is 1.85. The number of rotatable bonds is 3. The van der Waals surface area contributed by atoms with Crippen molar-refractivity contribution in [3.05, 3.63) is 26.6 Å². The van der Waals surface area contributed by atoms with Crippen molar-refractivity contribution in [2.75, 3.05) is 7.11 Å². The highest BCUT2D eigenvalue weighted by molar-refractivity contribution is 9.11. The highest BCUT2D eigenvalue weighted by Crippen LogP contribution is 2.33. The van der Waals surface area contributed by atoms with Crippen LogP contribution in [0.2, 0.25) is 0 Å². The Labute approximate surface area is 109 Å². The molecule has 1 rings (SSSR count). The highest BCUT2D eigenvalue weighted by Gasteiger charge is 2.16. The molecule has 86 valence electrons. The molecule has 0 aromatic heterocycles. The molecule has 16 heavy (non-hydrogen) atoms. The Morgan fingerprint density at radius 3 is 2.25 bits per heavy atom. The molecule has 0 heterocycles. The number of ether oxygens (including phenoxy) is 1. The second kappa shape index (κ2) is 5.45. The van der Waals surface area contributed by atoms with E-state index in [2.05, 4.69) is 36.6 Å². The molecule has 4 nitrogen and oxygen atoms in total. The number of hydrogen-bond donors (Lipinski definition) is 1. The van der Waals surface area contributed by atoms with Crippen LogP contribution in [-0.2, 0) is 20.7 Å². The molecule has 0 amide bonds. The number of ketones is 1. The Bertz CT molecular complexity index is 419. The summed E-state index contributed by atoms with van der Waals surface area (Å²) in [6, 6.07) is 3.14. The smallest absolute Gasteiger partial charge is 0.374 e. The quantitative estimate of drug-likeness (QED) is 0.669. The van der Waals surface area contributed by atoms with Crippen LogP contribution in [0.25, 0.3) is 0 Å². The van der Waals surface area contributed by atoms with E-state index in [9.17, 15) is 14.7 Å². The lowest BCUT2D eigenvalue weighted by Crippen LogP contribution is -2.17. The number of Topliss-reactive ketones (excluding diaryl/α,β-unsaturated/α-hetero) is 1. The molecule has 0 aliphatic rings. The van der Waals surface area contributed by atoms with Crippen molar-refractivity contribution in [2.24, 2.45) is 0 Å². The molecule has 1 aromatic carbocycles. The summed E-state index contributed by atoms with van der Waals surface area (Å²) >= 11 is 6.27. The number of phenolic OH excluding ortho intramolecular Hbond substituents is 1. The van der Waals surface area contributed by atoms with Crippen LogP contribution in [0.3, 0.4) is 0 Å². The van der Waals surface area contributed by atoms with E-state index >= 15 is 0 Å². The predicted octanol–water partition coefficient (Wildman–Crippen LogP) is 2.20. The fourth-order valence-corrected chi connectivity index (χ4v) is 2.37. The topological polar surface area (TPSA) is 63.6 Å². The lowest BCUT2D eigenvalue weighted by molar-refractivity contribution is -0.151. The monoisotopic (exact) mass is 350 g/mol. The lowest BCUT2D eigenvalue weighted by Gasteiger charge is -2.04. The zero-order valence-corrected chi connectivity index (χ0v) is 11.5. The Morgan fingerprint density at radius 2 is 1.81 bits per heavy atom. The van der Waals surface area contributed by atoms with Crippen molar-refractivity contribution < 1.29 is 19.4 Å². The van der Waals surface area contributed by atoms with Gasteiger partial charge in [-0.2, -0.15) is 0 Å². The van der Waals surface area contributed by atoms with Gasteiger partial charge in [0.1, 0.15) is 5.75 Å². The summed E-state index contributed by atoms with van der Waals surface area (Å²) in [5.74, 6) is -1.46. The predicted molar refractivity (Wildman–Crippen MR) is 64.2 cm³/mol. The molecule has 0 unspecified atom stereocenters. The van der Waals surface area contributed by atoms with Crippen molar-refractivity contribution in [3.8, 4) is 5.75 Å². The lowest BCUT2D eigenvalue weighted by atomic mass is 10.1. The van der Waals surface area contributed by atoms with Crippen molar-refractivity contribution in [2.45, 2.75) is 6.42 Å². The minimum Gasteiger partial charge on any atom is -0.506 e. The molecular weight excluding hydrogens is 344 g/mol. The van der Waals surface area contributed by atoms with Gasteiger partial charge in [0.15, 0.2) is 0 Å². The van der Waals surface area contributed by atoms with Crippen LogP contribution < -0.4 is 0 Å². The maximum atomic E-state index is 11.3. The van der Waals surface area contributed by atoms with E-state index in [-0.39, 0.29) is 12.2 Å². The van der Waals surface area contributed by atoms with E-state index in [1.807, 2.05) is 0 Å². The highest BCUT2D eigenvalue weighted by atomic mass is 79.9. The molecule has 0 spiro atoms. The molecule has 1 N–H and O–H groups in total. The van der Waals surface area contributed by atoms with Crippen molar-refractivity contribution in [1.82, 2.24) is 0 Å². The van der Waals surface area contributed by atoms with Crippen LogP contribution >= 0.6 is 31.9 Å².